The number of ether oxygens (including phenoxy) is 1. The van der Waals surface area contributed by atoms with Gasteiger partial charge in [0.25, 0.3) is 0 Å². The topological polar surface area (TPSA) is 129 Å². The fourth-order valence-electron chi connectivity index (χ4n) is 2.46. The first-order valence-electron chi connectivity index (χ1n) is 8.08. The SMILES string of the molecule is COc1ccc(C#N)cc1S(=O)(=O)NCCc1ccc(Br)cc1NCC(=O)O. The van der Waals surface area contributed by atoms with Crippen LogP contribution < -0.4 is 14.8 Å². The van der Waals surface area contributed by atoms with Gasteiger partial charge in [-0.05, 0) is 42.3 Å². The van der Waals surface area contributed by atoms with Crippen LogP contribution in [0.1, 0.15) is 11.1 Å². The second-order valence-electron chi connectivity index (χ2n) is 5.67. The number of halogens is 1. The Bertz CT molecular complexity index is 1020. The molecule has 0 radical (unpaired) electrons. The van der Waals surface area contributed by atoms with Gasteiger partial charge in [-0.1, -0.05) is 22.0 Å². The van der Waals surface area contributed by atoms with Crippen molar-refractivity contribution in [2.45, 2.75) is 11.3 Å². The third-order valence-corrected chi connectivity index (χ3v) is 5.75. The van der Waals surface area contributed by atoms with E-state index in [0.717, 1.165) is 10.0 Å². The van der Waals surface area contributed by atoms with Gasteiger partial charge in [0.2, 0.25) is 10.0 Å². The van der Waals surface area contributed by atoms with Crippen LogP contribution in [0.3, 0.4) is 0 Å². The number of benzene rings is 2. The summed E-state index contributed by atoms with van der Waals surface area (Å²) in [7, 11) is -2.55. The van der Waals surface area contributed by atoms with E-state index >= 15 is 0 Å². The molecule has 0 aliphatic heterocycles. The molecule has 0 bridgehead atoms. The maximum atomic E-state index is 12.6. The van der Waals surface area contributed by atoms with Crippen LogP contribution in [-0.4, -0.2) is 39.7 Å². The molecule has 10 heteroatoms. The van der Waals surface area contributed by atoms with Gasteiger partial charge in [-0.3, -0.25) is 4.79 Å². The number of aliphatic carboxylic acids is 1. The van der Waals surface area contributed by atoms with Crippen molar-refractivity contribution in [3.63, 3.8) is 0 Å². The summed E-state index contributed by atoms with van der Waals surface area (Å²) in [5.41, 5.74) is 1.55. The molecule has 8 nitrogen and oxygen atoms in total. The Morgan fingerprint density at radius 1 is 1.29 bits per heavy atom. The number of anilines is 1. The van der Waals surface area contributed by atoms with Crippen molar-refractivity contribution in [3.8, 4) is 11.8 Å². The minimum Gasteiger partial charge on any atom is -0.495 e. The molecule has 28 heavy (non-hydrogen) atoms. The van der Waals surface area contributed by atoms with Crippen LogP contribution in [0.2, 0.25) is 0 Å². The standard InChI is InChI=1S/C18H18BrN3O5S/c1-27-16-5-2-12(10-20)8-17(16)28(25,26)22-7-6-13-3-4-14(19)9-15(13)21-11-18(23)24/h2-5,8-9,21-22H,6-7,11H2,1H3,(H,23,24). The van der Waals surface area contributed by atoms with E-state index in [9.17, 15) is 13.2 Å². The van der Waals surface area contributed by atoms with E-state index in [2.05, 4.69) is 26.0 Å². The lowest BCUT2D eigenvalue weighted by Gasteiger charge is -2.13. The molecule has 0 saturated carbocycles. The zero-order valence-corrected chi connectivity index (χ0v) is 17.3. The average Bonchev–Trinajstić information content (AvgIpc) is 2.67. The van der Waals surface area contributed by atoms with Gasteiger partial charge in [0, 0.05) is 16.7 Å². The summed E-state index contributed by atoms with van der Waals surface area (Å²) < 4.78 is 33.6. The van der Waals surface area contributed by atoms with Crippen LogP contribution in [0.25, 0.3) is 0 Å². The Balaban J connectivity index is 2.15. The summed E-state index contributed by atoms with van der Waals surface area (Å²) in [6.45, 7) is -0.182. The van der Waals surface area contributed by atoms with Gasteiger partial charge in [0.05, 0.1) is 18.7 Å². The normalized spacial score (nSPS) is 10.9. The molecule has 0 aromatic heterocycles. The highest BCUT2D eigenvalue weighted by Crippen LogP contribution is 2.25. The maximum absolute atomic E-state index is 12.6. The molecule has 2 rings (SSSR count). The summed E-state index contributed by atoms with van der Waals surface area (Å²) in [5.74, 6) is -0.866. The second kappa shape index (κ2) is 9.54. The van der Waals surface area contributed by atoms with Gasteiger partial charge < -0.3 is 15.2 Å². The molecule has 3 N–H and O–H groups in total. The van der Waals surface area contributed by atoms with E-state index < -0.39 is 16.0 Å². The van der Waals surface area contributed by atoms with Gasteiger partial charge in [-0.15, -0.1) is 0 Å². The lowest BCUT2D eigenvalue weighted by molar-refractivity contribution is -0.134. The second-order valence-corrected chi connectivity index (χ2v) is 8.33. The Labute approximate surface area is 171 Å². The summed E-state index contributed by atoms with van der Waals surface area (Å²) in [6, 6.07) is 11.3. The quantitative estimate of drug-likeness (QED) is 0.515. The number of methoxy groups -OCH3 is 1. The number of rotatable bonds is 9. The molecule has 0 heterocycles. The summed E-state index contributed by atoms with van der Waals surface area (Å²) >= 11 is 3.32. The average molecular weight is 468 g/mol. The highest BCUT2D eigenvalue weighted by molar-refractivity contribution is 9.10. The van der Waals surface area contributed by atoms with E-state index in [0.29, 0.717) is 12.1 Å². The first kappa shape index (κ1) is 21.7. The molecule has 0 atom stereocenters. The number of hydrogen-bond acceptors (Lipinski definition) is 6. The Kier molecular flexibility index (Phi) is 7.39. The number of carbonyl (C=O) groups is 1. The van der Waals surface area contributed by atoms with Gasteiger partial charge in [-0.25, -0.2) is 13.1 Å². The third-order valence-electron chi connectivity index (χ3n) is 3.77. The van der Waals surface area contributed by atoms with Crippen LogP contribution in [0.5, 0.6) is 5.75 Å². The zero-order valence-electron chi connectivity index (χ0n) is 14.9. The zero-order chi connectivity index (χ0) is 20.7. The highest BCUT2D eigenvalue weighted by atomic mass is 79.9. The highest BCUT2D eigenvalue weighted by Gasteiger charge is 2.20. The van der Waals surface area contributed by atoms with Crippen LogP contribution in [0, 0.1) is 11.3 Å². The predicted octanol–water partition coefficient (Wildman–Crippen LogP) is 2.35. The summed E-state index contributed by atoms with van der Waals surface area (Å²) in [5, 5.41) is 20.6. The van der Waals surface area contributed by atoms with Crippen molar-refractivity contribution in [2.75, 3.05) is 25.5 Å². The molecule has 2 aromatic carbocycles. The number of nitriles is 1. The molecule has 0 aliphatic carbocycles. The van der Waals surface area contributed by atoms with Crippen molar-refractivity contribution < 1.29 is 23.1 Å². The van der Waals surface area contributed by atoms with E-state index in [4.69, 9.17) is 15.1 Å². The third kappa shape index (κ3) is 5.69. The number of nitrogens with one attached hydrogen (secondary N) is 2. The van der Waals surface area contributed by atoms with Gasteiger partial charge in [0.1, 0.15) is 17.2 Å². The predicted molar refractivity (Wildman–Crippen MR) is 107 cm³/mol. The van der Waals surface area contributed by atoms with Crippen LogP contribution in [0.15, 0.2) is 45.8 Å². The van der Waals surface area contributed by atoms with Crippen molar-refractivity contribution >= 4 is 37.6 Å². The molecular weight excluding hydrogens is 450 g/mol. The van der Waals surface area contributed by atoms with E-state index in [1.807, 2.05) is 6.07 Å². The molecule has 148 valence electrons. The number of carboxylic acid groups (broad SMARTS) is 1. The molecule has 0 fully saturated rings. The lowest BCUT2D eigenvalue weighted by atomic mass is 10.1. The minimum atomic E-state index is -3.90. The van der Waals surface area contributed by atoms with Crippen molar-refractivity contribution in [1.82, 2.24) is 4.72 Å². The number of hydrogen-bond donors (Lipinski definition) is 3. The molecular formula is C18H18BrN3O5S. The maximum Gasteiger partial charge on any atom is 0.322 e. The van der Waals surface area contributed by atoms with Crippen molar-refractivity contribution in [1.29, 1.82) is 5.26 Å². The monoisotopic (exact) mass is 467 g/mol. The minimum absolute atomic E-state index is 0.0751. The molecule has 2 aromatic rings. The number of nitrogens with zero attached hydrogens (tertiary/aromatic N) is 1. The first-order valence-corrected chi connectivity index (χ1v) is 10.4. The van der Waals surface area contributed by atoms with Crippen LogP contribution >= 0.6 is 15.9 Å². The summed E-state index contributed by atoms with van der Waals surface area (Å²) in [6.07, 6.45) is 0.328. The molecule has 0 amide bonds. The van der Waals surface area contributed by atoms with Crippen LogP contribution in [0.4, 0.5) is 5.69 Å². The molecule has 0 unspecified atom stereocenters. The lowest BCUT2D eigenvalue weighted by Crippen LogP contribution is -2.27. The smallest absolute Gasteiger partial charge is 0.322 e. The summed E-state index contributed by atoms with van der Waals surface area (Å²) in [4.78, 5) is 10.7. The van der Waals surface area contributed by atoms with Gasteiger partial charge >= 0.3 is 5.97 Å². The largest absolute Gasteiger partial charge is 0.495 e. The van der Waals surface area contributed by atoms with E-state index in [1.165, 1.54) is 25.3 Å². The van der Waals surface area contributed by atoms with Gasteiger partial charge in [-0.2, -0.15) is 5.26 Å². The van der Waals surface area contributed by atoms with E-state index in [-0.39, 0.29) is 29.3 Å². The Morgan fingerprint density at radius 3 is 2.68 bits per heavy atom. The Hall–Kier alpha value is -2.61. The fourth-order valence-corrected chi connectivity index (χ4v) is 4.04. The van der Waals surface area contributed by atoms with Crippen molar-refractivity contribution in [2.24, 2.45) is 0 Å². The molecule has 0 saturated heterocycles. The Morgan fingerprint density at radius 2 is 2.04 bits per heavy atom. The first-order chi connectivity index (χ1) is 13.3. The number of carboxylic acids is 1. The fraction of sp³-hybridized carbons (Fsp3) is 0.222. The van der Waals surface area contributed by atoms with E-state index in [1.54, 1.807) is 18.2 Å². The van der Waals surface area contributed by atoms with Crippen molar-refractivity contribution in [3.05, 3.63) is 52.0 Å². The van der Waals surface area contributed by atoms with Crippen LogP contribution in [-0.2, 0) is 21.2 Å². The van der Waals surface area contributed by atoms with Gasteiger partial charge in [0.15, 0.2) is 0 Å². The molecule has 0 spiro atoms. The number of sulfonamides is 1. The molecule has 0 aliphatic rings.